The van der Waals surface area contributed by atoms with E-state index in [1.807, 2.05) is 12.1 Å². The Morgan fingerprint density at radius 1 is 1.07 bits per heavy atom. The molecule has 1 aromatic carbocycles. The summed E-state index contributed by atoms with van der Waals surface area (Å²) in [6, 6.07) is 7.08. The predicted molar refractivity (Wildman–Crippen MR) is 126 cm³/mol. The van der Waals surface area contributed by atoms with Gasteiger partial charge >= 0.3 is 0 Å². The summed E-state index contributed by atoms with van der Waals surface area (Å²) in [5, 5.41) is 6.78. The molecule has 1 unspecified atom stereocenters. The Balaban J connectivity index is 0.00000676. The van der Waals surface area contributed by atoms with Crippen molar-refractivity contribution >= 4 is 39.8 Å². The highest BCUT2D eigenvalue weighted by molar-refractivity contribution is 14.0. The lowest BCUT2D eigenvalue weighted by atomic mass is 9.97. The topological polar surface area (TPSA) is 70.6 Å². The molecule has 0 amide bonds. The SMILES string of the molecule is CCCCC(CCC)CNC(=NC)NCCc1ccc(S(C)(=O)=O)cc1.I. The number of hydrogen-bond donors (Lipinski definition) is 2. The van der Waals surface area contributed by atoms with Gasteiger partial charge in [-0.05, 0) is 42.9 Å². The van der Waals surface area contributed by atoms with Gasteiger partial charge in [-0.25, -0.2) is 8.42 Å². The number of aliphatic imine (C=N–C) groups is 1. The van der Waals surface area contributed by atoms with Crippen LogP contribution < -0.4 is 10.6 Å². The van der Waals surface area contributed by atoms with Gasteiger partial charge < -0.3 is 10.6 Å². The zero-order valence-electron chi connectivity index (χ0n) is 17.1. The highest BCUT2D eigenvalue weighted by Crippen LogP contribution is 2.14. The van der Waals surface area contributed by atoms with Crippen molar-refractivity contribution in [1.82, 2.24) is 10.6 Å². The number of benzene rings is 1. The fourth-order valence-electron chi connectivity index (χ4n) is 2.94. The van der Waals surface area contributed by atoms with Crippen molar-refractivity contribution < 1.29 is 8.42 Å². The Labute approximate surface area is 182 Å². The van der Waals surface area contributed by atoms with Crippen LogP contribution in [0, 0.1) is 5.92 Å². The first-order chi connectivity index (χ1) is 12.4. The molecule has 0 spiro atoms. The number of unbranched alkanes of at least 4 members (excludes halogenated alkanes) is 1. The molecule has 1 atom stereocenters. The summed E-state index contributed by atoms with van der Waals surface area (Å²) in [6.07, 6.45) is 8.29. The van der Waals surface area contributed by atoms with Gasteiger partial charge in [0.2, 0.25) is 0 Å². The molecule has 0 bridgehead atoms. The van der Waals surface area contributed by atoms with E-state index in [1.165, 1.54) is 38.4 Å². The molecular weight excluding hydrogens is 473 g/mol. The van der Waals surface area contributed by atoms with Gasteiger partial charge in [-0.3, -0.25) is 4.99 Å². The first-order valence-electron chi connectivity index (χ1n) is 9.64. The van der Waals surface area contributed by atoms with E-state index < -0.39 is 9.84 Å². The Hall–Kier alpha value is -0.830. The van der Waals surface area contributed by atoms with Gasteiger partial charge in [0.1, 0.15) is 0 Å². The van der Waals surface area contributed by atoms with E-state index in [0.29, 0.717) is 10.8 Å². The van der Waals surface area contributed by atoms with Crippen molar-refractivity contribution in [3.05, 3.63) is 29.8 Å². The molecule has 5 nitrogen and oxygen atoms in total. The number of rotatable bonds is 11. The average Bonchev–Trinajstić information content (AvgIpc) is 2.61. The van der Waals surface area contributed by atoms with E-state index in [1.54, 1.807) is 19.2 Å². The average molecular weight is 509 g/mol. The minimum atomic E-state index is -3.13. The third-order valence-electron chi connectivity index (χ3n) is 4.50. The van der Waals surface area contributed by atoms with Crippen molar-refractivity contribution in [3.63, 3.8) is 0 Å². The van der Waals surface area contributed by atoms with Crippen LogP contribution in [0.15, 0.2) is 34.2 Å². The minimum Gasteiger partial charge on any atom is -0.356 e. The molecule has 1 rings (SSSR count). The lowest BCUT2D eigenvalue weighted by Gasteiger charge is -2.19. The normalized spacial score (nSPS) is 13.0. The van der Waals surface area contributed by atoms with E-state index in [4.69, 9.17) is 0 Å². The number of sulfone groups is 1. The largest absolute Gasteiger partial charge is 0.356 e. The molecule has 0 aliphatic heterocycles. The van der Waals surface area contributed by atoms with E-state index in [2.05, 4.69) is 29.5 Å². The summed E-state index contributed by atoms with van der Waals surface area (Å²) in [4.78, 5) is 4.65. The molecular formula is C20H36IN3O2S. The Morgan fingerprint density at radius 3 is 2.26 bits per heavy atom. The van der Waals surface area contributed by atoms with Crippen molar-refractivity contribution in [2.45, 2.75) is 57.3 Å². The molecule has 0 radical (unpaired) electrons. The molecule has 156 valence electrons. The number of halogens is 1. The zero-order valence-corrected chi connectivity index (χ0v) is 20.3. The number of guanidine groups is 1. The van der Waals surface area contributed by atoms with Gasteiger partial charge in [-0.2, -0.15) is 0 Å². The van der Waals surface area contributed by atoms with Gasteiger partial charge in [0, 0.05) is 26.4 Å². The molecule has 0 fully saturated rings. The fourth-order valence-corrected chi connectivity index (χ4v) is 3.57. The maximum atomic E-state index is 11.5. The van der Waals surface area contributed by atoms with Crippen molar-refractivity contribution in [2.75, 3.05) is 26.4 Å². The lowest BCUT2D eigenvalue weighted by molar-refractivity contribution is 0.423. The van der Waals surface area contributed by atoms with Crippen LogP contribution >= 0.6 is 24.0 Å². The Morgan fingerprint density at radius 2 is 1.74 bits per heavy atom. The molecule has 1 aromatic rings. The van der Waals surface area contributed by atoms with Crippen LogP contribution in [0.5, 0.6) is 0 Å². The van der Waals surface area contributed by atoms with Gasteiger partial charge in [0.25, 0.3) is 0 Å². The number of nitrogens with one attached hydrogen (secondary N) is 2. The molecule has 0 saturated carbocycles. The van der Waals surface area contributed by atoms with Crippen molar-refractivity contribution in [1.29, 1.82) is 0 Å². The summed E-state index contributed by atoms with van der Waals surface area (Å²) in [6.45, 7) is 6.18. The second-order valence-corrected chi connectivity index (χ2v) is 8.86. The first-order valence-corrected chi connectivity index (χ1v) is 11.5. The van der Waals surface area contributed by atoms with Crippen LogP contribution in [-0.2, 0) is 16.3 Å². The van der Waals surface area contributed by atoms with Crippen LogP contribution in [0.2, 0.25) is 0 Å². The van der Waals surface area contributed by atoms with Crippen LogP contribution in [-0.4, -0.2) is 40.8 Å². The predicted octanol–water partition coefficient (Wildman–Crippen LogP) is 4.02. The monoisotopic (exact) mass is 509 g/mol. The maximum Gasteiger partial charge on any atom is 0.190 e. The molecule has 27 heavy (non-hydrogen) atoms. The number of nitrogens with zero attached hydrogens (tertiary/aromatic N) is 1. The fraction of sp³-hybridized carbons (Fsp3) is 0.650. The first kappa shape index (κ1) is 26.2. The van der Waals surface area contributed by atoms with Gasteiger partial charge in [0.15, 0.2) is 15.8 Å². The standard InChI is InChI=1S/C20H35N3O2S.HI/c1-5-7-9-18(8-6-2)16-23-20(21-3)22-15-14-17-10-12-19(13-11-17)26(4,24)25;/h10-13,18H,5-9,14-16H2,1-4H3,(H2,21,22,23);1H. The van der Waals surface area contributed by atoms with E-state index in [9.17, 15) is 8.42 Å². The van der Waals surface area contributed by atoms with E-state index in [0.717, 1.165) is 31.0 Å². The highest BCUT2D eigenvalue weighted by atomic mass is 127. The van der Waals surface area contributed by atoms with Crippen LogP contribution in [0.3, 0.4) is 0 Å². The second-order valence-electron chi connectivity index (χ2n) is 6.84. The van der Waals surface area contributed by atoms with E-state index in [-0.39, 0.29) is 24.0 Å². The number of hydrogen-bond acceptors (Lipinski definition) is 3. The highest BCUT2D eigenvalue weighted by Gasteiger charge is 2.09. The molecule has 0 aliphatic carbocycles. The third kappa shape index (κ3) is 10.9. The van der Waals surface area contributed by atoms with Gasteiger partial charge in [-0.15, -0.1) is 24.0 Å². The second kappa shape index (κ2) is 14.2. The molecule has 0 aromatic heterocycles. The molecule has 0 aliphatic rings. The molecule has 0 heterocycles. The van der Waals surface area contributed by atoms with Crippen LogP contribution in [0.4, 0.5) is 0 Å². The summed E-state index contributed by atoms with van der Waals surface area (Å²) >= 11 is 0. The quantitative estimate of drug-likeness (QED) is 0.269. The van der Waals surface area contributed by atoms with Crippen molar-refractivity contribution in [2.24, 2.45) is 10.9 Å². The van der Waals surface area contributed by atoms with Crippen LogP contribution in [0.1, 0.15) is 51.5 Å². The Kier molecular flexibility index (Phi) is 13.8. The molecule has 7 heteroatoms. The molecule has 2 N–H and O–H groups in total. The molecule has 0 saturated heterocycles. The van der Waals surface area contributed by atoms with E-state index >= 15 is 0 Å². The van der Waals surface area contributed by atoms with Crippen LogP contribution in [0.25, 0.3) is 0 Å². The third-order valence-corrected chi connectivity index (χ3v) is 5.63. The summed E-state index contributed by atoms with van der Waals surface area (Å²) in [7, 11) is -1.34. The maximum absolute atomic E-state index is 11.5. The van der Waals surface area contributed by atoms with Gasteiger partial charge in [0.05, 0.1) is 4.90 Å². The smallest absolute Gasteiger partial charge is 0.190 e. The van der Waals surface area contributed by atoms with Crippen molar-refractivity contribution in [3.8, 4) is 0 Å². The zero-order chi connectivity index (χ0) is 19.4. The van der Waals surface area contributed by atoms with Gasteiger partial charge in [-0.1, -0.05) is 45.2 Å². The summed E-state index contributed by atoms with van der Waals surface area (Å²) in [5.41, 5.74) is 1.10. The lowest BCUT2D eigenvalue weighted by Crippen LogP contribution is -2.40. The Bertz CT molecular complexity index is 646. The summed E-state index contributed by atoms with van der Waals surface area (Å²) in [5.74, 6) is 1.53. The minimum absolute atomic E-state index is 0. The summed E-state index contributed by atoms with van der Waals surface area (Å²) < 4.78 is 23.0.